The van der Waals surface area contributed by atoms with Crippen LogP contribution in [0.2, 0.25) is 0 Å². The second kappa shape index (κ2) is 4.35. The van der Waals surface area contributed by atoms with E-state index in [1.54, 1.807) is 0 Å². The van der Waals surface area contributed by atoms with Gasteiger partial charge in [-0.1, -0.05) is 0 Å². The van der Waals surface area contributed by atoms with E-state index in [2.05, 4.69) is 0 Å². The normalized spacial score (nSPS) is 9.64. The Labute approximate surface area is 78.9 Å². The molecule has 14 heavy (non-hydrogen) atoms. The molecule has 0 saturated heterocycles. The first-order valence-corrected chi connectivity index (χ1v) is 3.55. The summed E-state index contributed by atoms with van der Waals surface area (Å²) >= 11 is 0. The third kappa shape index (κ3) is 2.54. The molecule has 0 aliphatic rings. The average molecular weight is 203 g/mol. The van der Waals surface area contributed by atoms with Gasteiger partial charge in [-0.05, 0) is 0 Å². The largest absolute Gasteiger partial charge is 0.479 e. The molecule has 0 heterocycles. The molecule has 0 spiro atoms. The molecule has 0 bridgehead atoms. The lowest BCUT2D eigenvalue weighted by atomic mass is 10.2. The number of carbonyl (C=O) groups is 4. The number of nitrogens with zero attached hydrogens (tertiary/aromatic N) is 1. The molecule has 0 aliphatic heterocycles. The zero-order valence-electron chi connectivity index (χ0n) is 7.55. The quantitative estimate of drug-likeness (QED) is 0.564. The predicted molar refractivity (Wildman–Crippen MR) is 42.3 cm³/mol. The topological polar surface area (TPSA) is 112 Å². The zero-order valence-corrected chi connectivity index (χ0v) is 7.55. The van der Waals surface area contributed by atoms with Gasteiger partial charge < -0.3 is 10.2 Å². The number of imide groups is 1. The molecule has 0 fully saturated rings. The number of amides is 2. The first-order valence-electron chi connectivity index (χ1n) is 3.55. The summed E-state index contributed by atoms with van der Waals surface area (Å²) in [6.45, 7) is 1.83. The Balaban J connectivity index is 5.13. The number of carbonyl (C=O) groups excluding carboxylic acids is 2. The van der Waals surface area contributed by atoms with Crippen LogP contribution >= 0.6 is 0 Å². The Morgan fingerprint density at radius 2 is 1.21 bits per heavy atom. The first kappa shape index (κ1) is 12.1. The number of aliphatic carboxylic acids is 2. The highest BCUT2D eigenvalue weighted by Crippen LogP contribution is 2.02. The Morgan fingerprint density at radius 3 is 1.29 bits per heavy atom. The fourth-order valence-electron chi connectivity index (χ4n) is 0.912. The third-order valence-corrected chi connectivity index (χ3v) is 1.40. The van der Waals surface area contributed by atoms with E-state index in [0.717, 1.165) is 13.8 Å². The standard InChI is InChI=1S/C7H9NO6/c1-3(9)8(4(2)10)5(6(11)12)7(13)14/h5H,1-2H3,(H,11,12)(H,13,14). The van der Waals surface area contributed by atoms with Crippen molar-refractivity contribution in [1.82, 2.24) is 4.90 Å². The molecule has 0 aromatic rings. The predicted octanol–water partition coefficient (Wildman–Crippen LogP) is -1.08. The van der Waals surface area contributed by atoms with Gasteiger partial charge in [0.15, 0.2) is 0 Å². The summed E-state index contributed by atoms with van der Waals surface area (Å²) in [5.74, 6) is -5.37. The summed E-state index contributed by atoms with van der Waals surface area (Å²) in [6, 6.07) is -2.16. The van der Waals surface area contributed by atoms with Crippen molar-refractivity contribution >= 4 is 23.8 Å². The van der Waals surface area contributed by atoms with Crippen molar-refractivity contribution < 1.29 is 29.4 Å². The van der Waals surface area contributed by atoms with Gasteiger partial charge in [-0.3, -0.25) is 14.5 Å². The Hall–Kier alpha value is -1.92. The molecule has 2 N–H and O–H groups in total. The van der Waals surface area contributed by atoms with Gasteiger partial charge in [0.2, 0.25) is 17.9 Å². The fraction of sp³-hybridized carbons (Fsp3) is 0.429. The number of carboxylic acid groups (broad SMARTS) is 2. The van der Waals surface area contributed by atoms with Crippen molar-refractivity contribution in [2.24, 2.45) is 0 Å². The van der Waals surface area contributed by atoms with Crippen molar-refractivity contribution in [3.63, 3.8) is 0 Å². The van der Waals surface area contributed by atoms with Gasteiger partial charge in [0.1, 0.15) is 0 Å². The van der Waals surface area contributed by atoms with Crippen molar-refractivity contribution in [3.8, 4) is 0 Å². The molecule has 7 heteroatoms. The summed E-state index contributed by atoms with van der Waals surface area (Å²) in [5.41, 5.74) is 0. The first-order chi connectivity index (χ1) is 6.29. The van der Waals surface area contributed by atoms with E-state index >= 15 is 0 Å². The van der Waals surface area contributed by atoms with E-state index in [9.17, 15) is 19.2 Å². The van der Waals surface area contributed by atoms with Crippen LogP contribution in [0.25, 0.3) is 0 Å². The van der Waals surface area contributed by atoms with Crippen LogP contribution in [0, 0.1) is 0 Å². The number of hydrogen-bond acceptors (Lipinski definition) is 4. The maximum absolute atomic E-state index is 10.8. The van der Waals surface area contributed by atoms with E-state index in [1.165, 1.54) is 0 Å². The molecule has 78 valence electrons. The van der Waals surface area contributed by atoms with E-state index in [-0.39, 0.29) is 4.90 Å². The summed E-state index contributed by atoms with van der Waals surface area (Å²) in [5, 5.41) is 17.0. The second-order valence-electron chi connectivity index (χ2n) is 2.49. The lowest BCUT2D eigenvalue weighted by molar-refractivity contribution is -0.166. The summed E-state index contributed by atoms with van der Waals surface area (Å²) in [7, 11) is 0. The Bertz CT molecular complexity index is 239. The third-order valence-electron chi connectivity index (χ3n) is 1.40. The maximum Gasteiger partial charge on any atom is 0.338 e. The molecular weight excluding hydrogens is 194 g/mol. The minimum atomic E-state index is -2.16. The van der Waals surface area contributed by atoms with Crippen LogP contribution in [0.5, 0.6) is 0 Å². The van der Waals surface area contributed by atoms with Gasteiger partial charge in [-0.25, -0.2) is 9.59 Å². The van der Waals surface area contributed by atoms with Crippen LogP contribution in [0.15, 0.2) is 0 Å². The molecule has 2 amide bonds. The lowest BCUT2D eigenvalue weighted by Gasteiger charge is -2.20. The van der Waals surface area contributed by atoms with Crippen molar-refractivity contribution in [2.45, 2.75) is 19.9 Å². The van der Waals surface area contributed by atoms with Gasteiger partial charge in [0.05, 0.1) is 0 Å². The molecule has 0 atom stereocenters. The minimum absolute atomic E-state index is 0.171. The molecule has 0 rings (SSSR count). The van der Waals surface area contributed by atoms with E-state index in [1.807, 2.05) is 0 Å². The van der Waals surface area contributed by atoms with Crippen molar-refractivity contribution in [3.05, 3.63) is 0 Å². The van der Waals surface area contributed by atoms with Gasteiger partial charge in [0.25, 0.3) is 0 Å². The minimum Gasteiger partial charge on any atom is -0.479 e. The molecule has 0 unspecified atom stereocenters. The molecule has 0 aliphatic carbocycles. The summed E-state index contributed by atoms with van der Waals surface area (Å²) < 4.78 is 0. The zero-order chi connectivity index (χ0) is 11.5. The number of hydrogen-bond donors (Lipinski definition) is 2. The molecular formula is C7H9NO6. The molecule has 0 saturated carbocycles. The average Bonchev–Trinajstić information content (AvgIpc) is 1.96. The summed E-state index contributed by atoms with van der Waals surface area (Å²) in [4.78, 5) is 42.7. The molecule has 0 aromatic carbocycles. The van der Waals surface area contributed by atoms with Crippen LogP contribution in [0.1, 0.15) is 13.8 Å². The van der Waals surface area contributed by atoms with Crippen molar-refractivity contribution in [2.75, 3.05) is 0 Å². The lowest BCUT2D eigenvalue weighted by Crippen LogP contribution is -2.51. The van der Waals surface area contributed by atoms with E-state index in [4.69, 9.17) is 10.2 Å². The molecule has 0 radical (unpaired) electrons. The fourth-order valence-corrected chi connectivity index (χ4v) is 0.912. The highest BCUT2D eigenvalue weighted by atomic mass is 16.4. The summed E-state index contributed by atoms with van der Waals surface area (Å²) in [6.07, 6.45) is 0. The van der Waals surface area contributed by atoms with E-state index < -0.39 is 29.8 Å². The Morgan fingerprint density at radius 1 is 0.929 bits per heavy atom. The highest BCUT2D eigenvalue weighted by molar-refractivity contribution is 6.07. The van der Waals surface area contributed by atoms with Gasteiger partial charge >= 0.3 is 11.9 Å². The SMILES string of the molecule is CC(=O)N(C(C)=O)C(C(=O)O)C(=O)O. The van der Waals surface area contributed by atoms with Crippen LogP contribution < -0.4 is 0 Å². The second-order valence-corrected chi connectivity index (χ2v) is 2.49. The molecule has 7 nitrogen and oxygen atoms in total. The monoisotopic (exact) mass is 203 g/mol. The molecule has 0 aromatic heterocycles. The van der Waals surface area contributed by atoms with Gasteiger partial charge in [0, 0.05) is 13.8 Å². The van der Waals surface area contributed by atoms with Crippen LogP contribution in [-0.2, 0) is 19.2 Å². The van der Waals surface area contributed by atoms with E-state index in [0.29, 0.717) is 0 Å². The van der Waals surface area contributed by atoms with Crippen LogP contribution in [-0.4, -0.2) is 44.9 Å². The Kier molecular flexibility index (Phi) is 3.76. The number of carboxylic acids is 2. The van der Waals surface area contributed by atoms with Crippen molar-refractivity contribution in [1.29, 1.82) is 0 Å². The van der Waals surface area contributed by atoms with Crippen LogP contribution in [0.3, 0.4) is 0 Å². The van der Waals surface area contributed by atoms with Crippen LogP contribution in [0.4, 0.5) is 0 Å². The van der Waals surface area contributed by atoms with Gasteiger partial charge in [-0.2, -0.15) is 0 Å². The van der Waals surface area contributed by atoms with Gasteiger partial charge in [-0.15, -0.1) is 0 Å². The maximum atomic E-state index is 10.8. The number of rotatable bonds is 3. The highest BCUT2D eigenvalue weighted by Gasteiger charge is 2.37. The smallest absolute Gasteiger partial charge is 0.338 e.